The van der Waals surface area contributed by atoms with Crippen LogP contribution in [0.3, 0.4) is 0 Å². The lowest BCUT2D eigenvalue weighted by Gasteiger charge is -1.96. The zero-order valence-corrected chi connectivity index (χ0v) is 7.62. The van der Waals surface area contributed by atoms with E-state index in [-0.39, 0.29) is 0 Å². The standard InChI is InChI=1S/C9H9NO2S/c10-7-2-1-3-8(6-7)13-5-4-9(11)12/h1-6H,10H2,(H,11,12). The van der Waals surface area contributed by atoms with Crippen LogP contribution in [0.15, 0.2) is 40.6 Å². The van der Waals surface area contributed by atoms with Gasteiger partial charge in [0.1, 0.15) is 0 Å². The maximum atomic E-state index is 10.1. The lowest BCUT2D eigenvalue weighted by atomic mass is 10.3. The molecule has 3 nitrogen and oxygen atoms in total. The van der Waals surface area contributed by atoms with Crippen LogP contribution in [-0.2, 0) is 4.79 Å². The summed E-state index contributed by atoms with van der Waals surface area (Å²) in [4.78, 5) is 11.1. The first-order valence-corrected chi connectivity index (χ1v) is 4.48. The van der Waals surface area contributed by atoms with Gasteiger partial charge in [0.15, 0.2) is 0 Å². The van der Waals surface area contributed by atoms with Gasteiger partial charge in [0.05, 0.1) is 0 Å². The molecule has 0 aromatic heterocycles. The molecule has 3 N–H and O–H groups in total. The van der Waals surface area contributed by atoms with Gasteiger partial charge in [0, 0.05) is 16.7 Å². The Morgan fingerprint density at radius 1 is 1.54 bits per heavy atom. The highest BCUT2D eigenvalue weighted by atomic mass is 32.2. The number of carbonyl (C=O) groups is 1. The van der Waals surface area contributed by atoms with Crippen LogP contribution in [0.1, 0.15) is 0 Å². The predicted molar refractivity (Wildman–Crippen MR) is 53.5 cm³/mol. The van der Waals surface area contributed by atoms with Crippen LogP contribution in [0.25, 0.3) is 0 Å². The van der Waals surface area contributed by atoms with Crippen molar-refractivity contribution >= 4 is 23.4 Å². The molecule has 0 saturated carbocycles. The molecule has 0 aliphatic carbocycles. The third-order valence-electron chi connectivity index (χ3n) is 1.27. The number of nitrogens with two attached hydrogens (primary N) is 1. The molecule has 1 rings (SSSR count). The quantitative estimate of drug-likeness (QED) is 0.439. The molecular weight excluding hydrogens is 186 g/mol. The van der Waals surface area contributed by atoms with Crippen molar-refractivity contribution in [3.8, 4) is 0 Å². The smallest absolute Gasteiger partial charge is 0.328 e. The summed E-state index contributed by atoms with van der Waals surface area (Å²) in [6.07, 6.45) is 1.09. The van der Waals surface area contributed by atoms with Gasteiger partial charge in [0.25, 0.3) is 0 Å². The first kappa shape index (κ1) is 9.67. The topological polar surface area (TPSA) is 63.3 Å². The molecule has 0 atom stereocenters. The Bertz CT molecular complexity index is 336. The third kappa shape index (κ3) is 3.66. The number of thioether (sulfide) groups is 1. The molecule has 13 heavy (non-hydrogen) atoms. The Kier molecular flexibility index (Phi) is 3.40. The number of hydrogen-bond donors (Lipinski definition) is 2. The fourth-order valence-corrected chi connectivity index (χ4v) is 1.46. The lowest BCUT2D eigenvalue weighted by Crippen LogP contribution is -1.85. The maximum Gasteiger partial charge on any atom is 0.328 e. The summed E-state index contributed by atoms with van der Waals surface area (Å²) >= 11 is 1.32. The highest BCUT2D eigenvalue weighted by molar-refractivity contribution is 8.02. The van der Waals surface area contributed by atoms with Crippen LogP contribution in [0, 0.1) is 0 Å². The first-order valence-electron chi connectivity index (χ1n) is 3.60. The van der Waals surface area contributed by atoms with Crippen LogP contribution < -0.4 is 5.73 Å². The average Bonchev–Trinajstić information content (AvgIpc) is 2.03. The second-order valence-electron chi connectivity index (χ2n) is 2.33. The van der Waals surface area contributed by atoms with Gasteiger partial charge in [-0.25, -0.2) is 4.79 Å². The summed E-state index contributed by atoms with van der Waals surface area (Å²) in [7, 11) is 0. The van der Waals surface area contributed by atoms with E-state index in [1.807, 2.05) is 12.1 Å². The molecular formula is C9H9NO2S. The Morgan fingerprint density at radius 3 is 2.92 bits per heavy atom. The zero-order valence-electron chi connectivity index (χ0n) is 6.81. The van der Waals surface area contributed by atoms with E-state index in [2.05, 4.69) is 0 Å². The van der Waals surface area contributed by atoms with Crippen LogP contribution in [-0.4, -0.2) is 11.1 Å². The number of nitrogen functional groups attached to an aromatic ring is 1. The largest absolute Gasteiger partial charge is 0.478 e. The third-order valence-corrected chi connectivity index (χ3v) is 2.07. The monoisotopic (exact) mass is 195 g/mol. The summed E-state index contributed by atoms with van der Waals surface area (Å²) in [5.41, 5.74) is 6.21. The number of benzene rings is 1. The molecule has 0 spiro atoms. The molecule has 1 aromatic rings. The molecule has 4 heteroatoms. The first-order chi connectivity index (χ1) is 6.18. The number of hydrogen-bond acceptors (Lipinski definition) is 3. The summed E-state index contributed by atoms with van der Waals surface area (Å²) in [6.45, 7) is 0. The summed E-state index contributed by atoms with van der Waals surface area (Å²) < 4.78 is 0. The molecule has 0 aliphatic rings. The van der Waals surface area contributed by atoms with Gasteiger partial charge in [-0.2, -0.15) is 0 Å². The fourth-order valence-electron chi connectivity index (χ4n) is 0.759. The Morgan fingerprint density at radius 2 is 2.31 bits per heavy atom. The van der Waals surface area contributed by atoms with E-state index in [1.165, 1.54) is 17.2 Å². The van der Waals surface area contributed by atoms with E-state index >= 15 is 0 Å². The van der Waals surface area contributed by atoms with Crippen LogP contribution in [0.5, 0.6) is 0 Å². The molecule has 0 radical (unpaired) electrons. The number of anilines is 1. The van der Waals surface area contributed by atoms with Crippen molar-refractivity contribution in [3.63, 3.8) is 0 Å². The molecule has 0 unspecified atom stereocenters. The summed E-state index contributed by atoms with van der Waals surface area (Å²) in [6, 6.07) is 7.27. The van der Waals surface area contributed by atoms with Crippen LogP contribution in [0.2, 0.25) is 0 Å². The predicted octanol–water partition coefficient (Wildman–Crippen LogP) is 1.96. The molecule has 0 aliphatic heterocycles. The SMILES string of the molecule is Nc1cccc(SC=CC(=O)O)c1. The van der Waals surface area contributed by atoms with Crippen molar-refractivity contribution in [2.45, 2.75) is 4.90 Å². The Balaban J connectivity index is 2.59. The van der Waals surface area contributed by atoms with Crippen molar-refractivity contribution in [2.24, 2.45) is 0 Å². The van der Waals surface area contributed by atoms with E-state index < -0.39 is 5.97 Å². The van der Waals surface area contributed by atoms with Crippen molar-refractivity contribution in [3.05, 3.63) is 35.7 Å². The highest BCUT2D eigenvalue weighted by Gasteiger charge is 1.91. The number of carboxylic acids is 1. The van der Waals surface area contributed by atoms with E-state index in [0.717, 1.165) is 11.0 Å². The zero-order chi connectivity index (χ0) is 9.68. The second-order valence-corrected chi connectivity index (χ2v) is 3.31. The second kappa shape index (κ2) is 4.57. The molecule has 0 bridgehead atoms. The molecule has 1 aromatic carbocycles. The minimum Gasteiger partial charge on any atom is -0.478 e. The normalized spacial score (nSPS) is 10.5. The highest BCUT2D eigenvalue weighted by Crippen LogP contribution is 2.20. The summed E-state index contributed by atoms with van der Waals surface area (Å²) in [5.74, 6) is -0.948. The van der Waals surface area contributed by atoms with E-state index in [4.69, 9.17) is 10.8 Å². The van der Waals surface area contributed by atoms with Crippen LogP contribution in [0.4, 0.5) is 5.69 Å². The molecule has 0 saturated heterocycles. The van der Waals surface area contributed by atoms with E-state index in [0.29, 0.717) is 5.69 Å². The minimum absolute atomic E-state index is 0.675. The van der Waals surface area contributed by atoms with Crippen molar-refractivity contribution < 1.29 is 9.90 Å². The molecule has 0 amide bonds. The van der Waals surface area contributed by atoms with Crippen LogP contribution >= 0.6 is 11.8 Å². The van der Waals surface area contributed by atoms with E-state index in [1.54, 1.807) is 12.1 Å². The van der Waals surface area contributed by atoms with Crippen molar-refractivity contribution in [1.82, 2.24) is 0 Å². The maximum absolute atomic E-state index is 10.1. The van der Waals surface area contributed by atoms with Gasteiger partial charge in [-0.3, -0.25) is 0 Å². The Hall–Kier alpha value is -1.42. The van der Waals surface area contributed by atoms with Gasteiger partial charge in [0.2, 0.25) is 0 Å². The number of rotatable bonds is 3. The van der Waals surface area contributed by atoms with Gasteiger partial charge in [-0.15, -0.1) is 0 Å². The molecule has 0 fully saturated rings. The van der Waals surface area contributed by atoms with Gasteiger partial charge in [-0.1, -0.05) is 17.8 Å². The lowest BCUT2D eigenvalue weighted by molar-refractivity contribution is -0.131. The van der Waals surface area contributed by atoms with E-state index in [9.17, 15) is 4.79 Å². The average molecular weight is 195 g/mol. The summed E-state index contributed by atoms with van der Waals surface area (Å²) in [5, 5.41) is 9.83. The van der Waals surface area contributed by atoms with Gasteiger partial charge >= 0.3 is 5.97 Å². The van der Waals surface area contributed by atoms with Gasteiger partial charge < -0.3 is 10.8 Å². The van der Waals surface area contributed by atoms with Crippen molar-refractivity contribution in [2.75, 3.05) is 5.73 Å². The minimum atomic E-state index is -0.948. The fraction of sp³-hybridized carbons (Fsp3) is 0. The molecule has 0 heterocycles. The number of aliphatic carboxylic acids is 1. The number of carboxylic acid groups (broad SMARTS) is 1. The Labute approximate surface area is 80.3 Å². The molecule has 68 valence electrons. The van der Waals surface area contributed by atoms with Crippen molar-refractivity contribution in [1.29, 1.82) is 0 Å². The van der Waals surface area contributed by atoms with Gasteiger partial charge in [-0.05, 0) is 23.6 Å².